The third kappa shape index (κ3) is 5.09. The number of ketones is 1. The van der Waals surface area contributed by atoms with Gasteiger partial charge < -0.3 is 10.2 Å². The van der Waals surface area contributed by atoms with Gasteiger partial charge in [-0.1, -0.05) is 39.0 Å². The molecule has 30 heavy (non-hydrogen) atoms. The zero-order valence-electron chi connectivity index (χ0n) is 17.9. The molecule has 0 aliphatic carbocycles. The SMILES string of the molecule is CC(=O)c1cccc(-c2ncc(C(=O)NC3CCN(C(=O)C(C)(C)C)CC3)cn2)c1. The van der Waals surface area contributed by atoms with Crippen LogP contribution in [0, 0.1) is 5.41 Å². The molecule has 1 aromatic heterocycles. The lowest BCUT2D eigenvalue weighted by molar-refractivity contribution is -0.140. The van der Waals surface area contributed by atoms with Crippen LogP contribution in [0.5, 0.6) is 0 Å². The van der Waals surface area contributed by atoms with E-state index in [1.54, 1.807) is 18.2 Å². The Bertz CT molecular complexity index is 940. The maximum atomic E-state index is 12.6. The molecule has 1 aliphatic rings. The monoisotopic (exact) mass is 408 g/mol. The zero-order valence-corrected chi connectivity index (χ0v) is 17.9. The first-order valence-corrected chi connectivity index (χ1v) is 10.2. The third-order valence-electron chi connectivity index (χ3n) is 5.20. The van der Waals surface area contributed by atoms with Crippen molar-refractivity contribution in [1.82, 2.24) is 20.2 Å². The van der Waals surface area contributed by atoms with Crippen molar-refractivity contribution in [3.63, 3.8) is 0 Å². The van der Waals surface area contributed by atoms with Gasteiger partial charge >= 0.3 is 0 Å². The van der Waals surface area contributed by atoms with E-state index < -0.39 is 0 Å². The lowest BCUT2D eigenvalue weighted by Crippen LogP contribution is -2.49. The van der Waals surface area contributed by atoms with Crippen molar-refractivity contribution in [3.8, 4) is 11.4 Å². The molecular weight excluding hydrogens is 380 g/mol. The minimum absolute atomic E-state index is 0.0217. The molecule has 1 saturated heterocycles. The average molecular weight is 409 g/mol. The van der Waals surface area contributed by atoms with E-state index in [9.17, 15) is 14.4 Å². The Hall–Kier alpha value is -3.09. The number of aromatic nitrogens is 2. The van der Waals surface area contributed by atoms with Crippen LogP contribution in [0.1, 0.15) is 61.3 Å². The first-order valence-electron chi connectivity index (χ1n) is 10.2. The van der Waals surface area contributed by atoms with Gasteiger partial charge in [-0.3, -0.25) is 14.4 Å². The van der Waals surface area contributed by atoms with Crippen LogP contribution >= 0.6 is 0 Å². The number of carbonyl (C=O) groups is 3. The first kappa shape index (κ1) is 21.6. The van der Waals surface area contributed by atoms with Gasteiger partial charge in [0.2, 0.25) is 5.91 Å². The van der Waals surface area contributed by atoms with E-state index in [4.69, 9.17) is 0 Å². The van der Waals surface area contributed by atoms with E-state index in [0.717, 1.165) is 18.4 Å². The molecule has 1 fully saturated rings. The number of benzene rings is 1. The predicted molar refractivity (Wildman–Crippen MR) is 114 cm³/mol. The Labute approximate surface area is 176 Å². The minimum Gasteiger partial charge on any atom is -0.349 e. The maximum absolute atomic E-state index is 12.6. The summed E-state index contributed by atoms with van der Waals surface area (Å²) in [6.45, 7) is 8.55. The first-order chi connectivity index (χ1) is 14.1. The van der Waals surface area contributed by atoms with Crippen molar-refractivity contribution in [1.29, 1.82) is 0 Å². The molecule has 7 heteroatoms. The summed E-state index contributed by atoms with van der Waals surface area (Å²) < 4.78 is 0. The quantitative estimate of drug-likeness (QED) is 0.785. The molecule has 7 nitrogen and oxygen atoms in total. The number of nitrogens with zero attached hydrogens (tertiary/aromatic N) is 3. The van der Waals surface area contributed by atoms with Crippen LogP contribution in [0.2, 0.25) is 0 Å². The summed E-state index contributed by atoms with van der Waals surface area (Å²) in [6, 6.07) is 7.12. The van der Waals surface area contributed by atoms with Gasteiger partial charge in [0.05, 0.1) is 5.56 Å². The standard InChI is InChI=1S/C23H28N4O3/c1-15(28)16-6-5-7-17(12-16)20-24-13-18(14-25-20)21(29)26-19-8-10-27(11-9-19)22(30)23(2,3)4/h5-7,12-14,19H,8-11H2,1-4H3,(H,26,29). The van der Waals surface area contributed by atoms with Crippen molar-refractivity contribution in [3.05, 3.63) is 47.8 Å². The fourth-order valence-electron chi connectivity index (χ4n) is 3.44. The second-order valence-electron chi connectivity index (χ2n) is 8.72. The Kier molecular flexibility index (Phi) is 6.29. The highest BCUT2D eigenvalue weighted by Crippen LogP contribution is 2.21. The molecule has 158 valence electrons. The second-order valence-corrected chi connectivity index (χ2v) is 8.72. The van der Waals surface area contributed by atoms with Crippen LogP contribution in [-0.4, -0.2) is 51.6 Å². The predicted octanol–water partition coefficient (Wildman–Crippen LogP) is 3.11. The Morgan fingerprint density at radius 2 is 1.67 bits per heavy atom. The molecule has 0 atom stereocenters. The molecule has 0 spiro atoms. The zero-order chi connectivity index (χ0) is 21.9. The maximum Gasteiger partial charge on any atom is 0.254 e. The molecule has 2 heterocycles. The number of hydrogen-bond donors (Lipinski definition) is 1. The Morgan fingerprint density at radius 3 is 2.23 bits per heavy atom. The van der Waals surface area contributed by atoms with Gasteiger partial charge in [-0.2, -0.15) is 0 Å². The van der Waals surface area contributed by atoms with Crippen LogP contribution in [0.25, 0.3) is 11.4 Å². The van der Waals surface area contributed by atoms with Crippen molar-refractivity contribution < 1.29 is 14.4 Å². The molecule has 1 N–H and O–H groups in total. The van der Waals surface area contributed by atoms with E-state index in [1.165, 1.54) is 19.3 Å². The molecule has 3 rings (SSSR count). The molecule has 1 aliphatic heterocycles. The van der Waals surface area contributed by atoms with E-state index >= 15 is 0 Å². The van der Waals surface area contributed by atoms with Gasteiger partial charge in [-0.25, -0.2) is 9.97 Å². The van der Waals surface area contributed by atoms with Crippen molar-refractivity contribution in [2.24, 2.45) is 5.41 Å². The summed E-state index contributed by atoms with van der Waals surface area (Å²) in [5, 5.41) is 3.02. The third-order valence-corrected chi connectivity index (χ3v) is 5.20. The van der Waals surface area contributed by atoms with Gasteiger partial charge in [0.15, 0.2) is 11.6 Å². The van der Waals surface area contributed by atoms with Crippen LogP contribution in [-0.2, 0) is 4.79 Å². The van der Waals surface area contributed by atoms with Crippen molar-refractivity contribution >= 4 is 17.6 Å². The Morgan fingerprint density at radius 1 is 1.03 bits per heavy atom. The van der Waals surface area contributed by atoms with E-state index in [1.807, 2.05) is 31.7 Å². The number of carbonyl (C=O) groups excluding carboxylic acids is 3. The number of piperidine rings is 1. The number of likely N-dealkylation sites (tertiary alicyclic amines) is 1. The summed E-state index contributed by atoms with van der Waals surface area (Å²) in [4.78, 5) is 46.9. The summed E-state index contributed by atoms with van der Waals surface area (Å²) >= 11 is 0. The lowest BCUT2D eigenvalue weighted by Gasteiger charge is -2.36. The highest BCUT2D eigenvalue weighted by molar-refractivity contribution is 5.95. The minimum atomic E-state index is -0.390. The fraction of sp³-hybridized carbons (Fsp3) is 0.435. The number of Topliss-reactive ketones (excluding diaryl/α,β-unsaturated/α-hetero) is 1. The van der Waals surface area contributed by atoms with E-state index in [2.05, 4.69) is 15.3 Å². The van der Waals surface area contributed by atoms with Crippen LogP contribution in [0.15, 0.2) is 36.7 Å². The summed E-state index contributed by atoms with van der Waals surface area (Å²) in [6.07, 6.45) is 4.45. The molecular formula is C23H28N4O3. The molecule has 1 aromatic carbocycles. The number of rotatable bonds is 4. The molecule has 0 unspecified atom stereocenters. The highest BCUT2D eigenvalue weighted by atomic mass is 16.2. The van der Waals surface area contributed by atoms with Crippen LogP contribution < -0.4 is 5.32 Å². The lowest BCUT2D eigenvalue weighted by atomic mass is 9.93. The molecule has 0 saturated carbocycles. The van der Waals surface area contributed by atoms with Gasteiger partial charge in [-0.15, -0.1) is 0 Å². The molecule has 2 aromatic rings. The summed E-state index contributed by atoms with van der Waals surface area (Å²) in [5.74, 6) is 0.358. The normalized spacial score (nSPS) is 15.0. The van der Waals surface area contributed by atoms with E-state index in [-0.39, 0.29) is 29.1 Å². The fourth-order valence-corrected chi connectivity index (χ4v) is 3.44. The summed E-state index contributed by atoms with van der Waals surface area (Å²) in [7, 11) is 0. The number of amides is 2. The Balaban J connectivity index is 1.59. The second kappa shape index (κ2) is 8.73. The van der Waals surface area contributed by atoms with Crippen LogP contribution in [0.4, 0.5) is 0 Å². The smallest absolute Gasteiger partial charge is 0.254 e. The largest absolute Gasteiger partial charge is 0.349 e. The van der Waals surface area contributed by atoms with Crippen molar-refractivity contribution in [2.45, 2.75) is 46.6 Å². The summed E-state index contributed by atoms with van der Waals surface area (Å²) in [5.41, 5.74) is 1.31. The number of nitrogens with one attached hydrogen (secondary N) is 1. The topological polar surface area (TPSA) is 92.3 Å². The highest BCUT2D eigenvalue weighted by Gasteiger charge is 2.30. The van der Waals surface area contributed by atoms with Crippen LogP contribution in [0.3, 0.4) is 0 Å². The average Bonchev–Trinajstić information content (AvgIpc) is 2.73. The van der Waals surface area contributed by atoms with Gasteiger partial charge in [-0.05, 0) is 25.8 Å². The van der Waals surface area contributed by atoms with Crippen molar-refractivity contribution in [2.75, 3.05) is 13.1 Å². The van der Waals surface area contributed by atoms with Gasteiger partial charge in [0.1, 0.15) is 0 Å². The molecule has 0 bridgehead atoms. The van der Waals surface area contributed by atoms with Gasteiger partial charge in [0, 0.05) is 48.1 Å². The molecule has 2 amide bonds. The number of hydrogen-bond acceptors (Lipinski definition) is 5. The van der Waals surface area contributed by atoms with Gasteiger partial charge in [0.25, 0.3) is 5.91 Å². The molecule has 0 radical (unpaired) electrons. The van der Waals surface area contributed by atoms with E-state index in [0.29, 0.717) is 30.0 Å².